The zero-order chi connectivity index (χ0) is 26.7. The number of aliphatic hydroxyl groups is 2. The van der Waals surface area contributed by atoms with Crippen molar-refractivity contribution in [1.82, 2.24) is 19.5 Å². The fourth-order valence-corrected chi connectivity index (χ4v) is 5.28. The molecule has 0 amide bonds. The van der Waals surface area contributed by atoms with Gasteiger partial charge in [-0.05, 0) is 27.7 Å². The topological polar surface area (TPSA) is 181 Å². The number of nitrogen functional groups attached to an aromatic ring is 1. The van der Waals surface area contributed by atoms with Crippen molar-refractivity contribution in [2.24, 2.45) is 5.41 Å². The van der Waals surface area contributed by atoms with E-state index in [4.69, 9.17) is 35.9 Å². The smallest absolute Gasteiger partial charge is 0.319 e. The molecule has 13 nitrogen and oxygen atoms in total. The maximum atomic E-state index is 12.2. The lowest BCUT2D eigenvalue weighted by molar-refractivity contribution is -0.119. The number of ether oxygens (including phenoxy) is 2. The fraction of sp³-hybridized carbons (Fsp3) is 0.700. The van der Waals surface area contributed by atoms with Crippen molar-refractivity contribution >= 4 is 53.8 Å². The van der Waals surface area contributed by atoms with Gasteiger partial charge < -0.3 is 34.5 Å². The van der Waals surface area contributed by atoms with E-state index in [0.29, 0.717) is 17.8 Å². The Morgan fingerprint density at radius 3 is 2.81 bits per heavy atom. The predicted octanol–water partition coefficient (Wildman–Crippen LogP) is 1.76. The fourth-order valence-electron chi connectivity index (χ4n) is 3.38. The summed E-state index contributed by atoms with van der Waals surface area (Å²) in [6, 6.07) is 0. The third-order valence-corrected chi connectivity index (χ3v) is 7.95. The first-order valence-corrected chi connectivity index (χ1v) is 13.7. The number of halogens is 1. The van der Waals surface area contributed by atoms with Gasteiger partial charge in [0.25, 0.3) is 0 Å². The Balaban J connectivity index is 1.60. The number of aliphatic hydroxyl groups excluding tert-OH is 2. The number of nitrogens with zero attached hydrogens (tertiary/aromatic N) is 4. The summed E-state index contributed by atoms with van der Waals surface area (Å²) in [6.07, 6.45) is -1.61. The first-order chi connectivity index (χ1) is 16.9. The second-order valence-electron chi connectivity index (χ2n) is 8.85. The highest BCUT2D eigenvalue weighted by atomic mass is 35.5. The quantitative estimate of drug-likeness (QED) is 0.192. The summed E-state index contributed by atoms with van der Waals surface area (Å²) >= 11 is 7.65. The van der Waals surface area contributed by atoms with Crippen molar-refractivity contribution in [3.8, 4) is 5.88 Å². The Hall–Kier alpha value is -1.51. The highest BCUT2D eigenvalue weighted by molar-refractivity contribution is 8.13. The van der Waals surface area contributed by atoms with E-state index in [1.54, 1.807) is 27.7 Å². The molecule has 0 aliphatic carbocycles. The van der Waals surface area contributed by atoms with Crippen LogP contribution in [0.4, 0.5) is 5.95 Å². The van der Waals surface area contributed by atoms with Crippen LogP contribution in [0.5, 0.6) is 5.88 Å². The Morgan fingerprint density at radius 1 is 1.42 bits per heavy atom. The number of alkyl halides is 1. The van der Waals surface area contributed by atoms with Gasteiger partial charge in [-0.25, -0.2) is 4.98 Å². The van der Waals surface area contributed by atoms with Crippen molar-refractivity contribution in [2.45, 2.75) is 51.0 Å². The summed E-state index contributed by atoms with van der Waals surface area (Å²) < 4.78 is 35.5. The summed E-state index contributed by atoms with van der Waals surface area (Å²) in [7, 11) is -2.93. The molecule has 0 saturated carbocycles. The second kappa shape index (κ2) is 11.9. The van der Waals surface area contributed by atoms with E-state index in [0.717, 1.165) is 11.8 Å². The number of nitrogens with two attached hydrogens (primary N) is 1. The van der Waals surface area contributed by atoms with Gasteiger partial charge in [-0.1, -0.05) is 11.8 Å². The molecule has 0 aromatic carbocycles. The number of fused-ring (bicyclic) bond motifs is 1. The molecule has 1 unspecified atom stereocenters. The molecule has 5 atom stereocenters. The van der Waals surface area contributed by atoms with Gasteiger partial charge in [0.1, 0.15) is 17.1 Å². The lowest BCUT2D eigenvalue weighted by Crippen LogP contribution is -2.39. The highest BCUT2D eigenvalue weighted by Gasteiger charge is 2.53. The van der Waals surface area contributed by atoms with Crippen LogP contribution in [-0.4, -0.2) is 84.1 Å². The molecule has 2 aromatic heterocycles. The largest absolute Gasteiger partial charge is 0.476 e. The zero-order valence-corrected chi connectivity index (χ0v) is 22.9. The predicted molar refractivity (Wildman–Crippen MR) is 134 cm³/mol. The Kier molecular flexibility index (Phi) is 9.61. The molecule has 202 valence electrons. The summed E-state index contributed by atoms with van der Waals surface area (Å²) in [6.45, 7) is 6.47. The SMILES string of the molecule is CCOc1nc(N)nc2c1ncn2[C@@H]1O[C@H](CO[PH](=O)OCCSC(=O)C(C)(C)CO)[C@@H](O)[C@@]1(C)Cl. The maximum absolute atomic E-state index is 12.2. The van der Waals surface area contributed by atoms with Gasteiger partial charge in [0, 0.05) is 5.75 Å². The molecule has 3 rings (SSSR count). The van der Waals surface area contributed by atoms with Crippen LogP contribution < -0.4 is 10.5 Å². The van der Waals surface area contributed by atoms with Crippen LogP contribution in [-0.2, 0) is 23.1 Å². The number of thioether (sulfide) groups is 1. The van der Waals surface area contributed by atoms with Gasteiger partial charge in [0.15, 0.2) is 22.5 Å². The molecular formula is C20H31ClN5O8PS. The molecule has 1 aliphatic heterocycles. The van der Waals surface area contributed by atoms with Crippen LogP contribution in [0.3, 0.4) is 0 Å². The van der Waals surface area contributed by atoms with Crippen LogP contribution in [0.15, 0.2) is 6.33 Å². The molecule has 0 bridgehead atoms. The number of rotatable bonds is 12. The van der Waals surface area contributed by atoms with Gasteiger partial charge in [-0.2, -0.15) is 9.97 Å². The maximum Gasteiger partial charge on any atom is 0.319 e. The number of hydrogen-bond acceptors (Lipinski definition) is 13. The lowest BCUT2D eigenvalue weighted by atomic mass is 9.97. The number of aromatic nitrogens is 4. The molecule has 36 heavy (non-hydrogen) atoms. The van der Waals surface area contributed by atoms with Gasteiger partial charge in [0.05, 0.1) is 38.2 Å². The van der Waals surface area contributed by atoms with Crippen LogP contribution >= 0.6 is 31.6 Å². The highest BCUT2D eigenvalue weighted by Crippen LogP contribution is 2.45. The van der Waals surface area contributed by atoms with Gasteiger partial charge >= 0.3 is 8.25 Å². The number of carbonyl (C=O) groups excluding carboxylic acids is 1. The molecule has 16 heteroatoms. The summed E-state index contributed by atoms with van der Waals surface area (Å²) in [5.41, 5.74) is 5.62. The molecule has 4 N–H and O–H groups in total. The lowest BCUT2D eigenvalue weighted by Gasteiger charge is -2.26. The first kappa shape index (κ1) is 29.1. The number of imidazole rings is 1. The van der Waals surface area contributed by atoms with Crippen molar-refractivity contribution in [3.63, 3.8) is 0 Å². The Labute approximate surface area is 218 Å². The van der Waals surface area contributed by atoms with E-state index in [1.165, 1.54) is 10.9 Å². The number of carbonyl (C=O) groups is 1. The normalized spacial score (nSPS) is 25.4. The van der Waals surface area contributed by atoms with E-state index in [-0.39, 0.29) is 42.5 Å². The minimum absolute atomic E-state index is 0.00392. The minimum atomic E-state index is -2.93. The van der Waals surface area contributed by atoms with Gasteiger partial charge in [0.2, 0.25) is 11.8 Å². The van der Waals surface area contributed by atoms with Crippen LogP contribution in [0.1, 0.15) is 33.9 Å². The molecule has 1 aliphatic rings. The zero-order valence-electron chi connectivity index (χ0n) is 20.3. The molecule has 3 heterocycles. The monoisotopic (exact) mass is 567 g/mol. The standard InChI is InChI=1S/C20H31ClN5O8PS/c1-5-31-15-12-14(24-18(22)25-15)26(10-23-12)16-20(4,21)13(28)11(34-16)8-33-35(30)32-6-7-36-17(29)19(2,3)9-27/h10-11,13,16,27-28,35H,5-9H2,1-4H3,(H2,22,24,25)/t11-,13-,16-,20-/m1/s1. The summed E-state index contributed by atoms with van der Waals surface area (Å²) in [5.74, 6) is 0.427. The Morgan fingerprint density at radius 2 is 2.14 bits per heavy atom. The van der Waals surface area contributed by atoms with Crippen LogP contribution in [0, 0.1) is 5.41 Å². The van der Waals surface area contributed by atoms with Crippen LogP contribution in [0.25, 0.3) is 11.2 Å². The first-order valence-electron chi connectivity index (χ1n) is 11.1. The van der Waals surface area contributed by atoms with E-state index >= 15 is 0 Å². The van der Waals surface area contributed by atoms with E-state index < -0.39 is 37.0 Å². The number of anilines is 1. The van der Waals surface area contributed by atoms with Crippen molar-refractivity contribution in [2.75, 3.05) is 37.9 Å². The average molecular weight is 568 g/mol. The Bertz CT molecular complexity index is 1100. The van der Waals surface area contributed by atoms with Gasteiger partial charge in [-0.15, -0.1) is 11.6 Å². The average Bonchev–Trinajstić information content (AvgIpc) is 3.33. The van der Waals surface area contributed by atoms with Gasteiger partial charge in [-0.3, -0.25) is 13.9 Å². The third kappa shape index (κ3) is 6.30. The van der Waals surface area contributed by atoms with E-state index in [2.05, 4.69) is 15.0 Å². The third-order valence-electron chi connectivity index (χ3n) is 5.51. The molecule has 0 radical (unpaired) electrons. The summed E-state index contributed by atoms with van der Waals surface area (Å²) in [4.78, 5) is 23.2. The summed E-state index contributed by atoms with van der Waals surface area (Å²) in [5, 5.41) is 19.8. The minimum Gasteiger partial charge on any atom is -0.476 e. The molecular weight excluding hydrogens is 537 g/mol. The van der Waals surface area contributed by atoms with Crippen molar-refractivity contribution in [3.05, 3.63) is 6.33 Å². The van der Waals surface area contributed by atoms with E-state index in [9.17, 15) is 19.6 Å². The van der Waals surface area contributed by atoms with E-state index in [1.807, 2.05) is 0 Å². The van der Waals surface area contributed by atoms with Crippen molar-refractivity contribution in [1.29, 1.82) is 0 Å². The van der Waals surface area contributed by atoms with Crippen molar-refractivity contribution < 1.29 is 38.1 Å². The molecule has 2 aromatic rings. The second-order valence-corrected chi connectivity index (χ2v) is 11.8. The molecule has 1 saturated heterocycles. The van der Waals surface area contributed by atoms with Crippen LogP contribution in [0.2, 0.25) is 0 Å². The number of hydrogen-bond donors (Lipinski definition) is 3. The molecule has 1 fully saturated rings. The molecule has 0 spiro atoms.